The smallest absolute Gasteiger partial charge is 0.306 e. The van der Waals surface area contributed by atoms with E-state index in [-0.39, 0.29) is 37.5 Å². The van der Waals surface area contributed by atoms with Crippen LogP contribution in [0.5, 0.6) is 0 Å². The number of hydrogen-bond donors (Lipinski definition) is 0. The van der Waals surface area contributed by atoms with E-state index < -0.39 is 6.10 Å². The molecule has 412 valence electrons. The van der Waals surface area contributed by atoms with Crippen LogP contribution in [0.4, 0.5) is 0 Å². The van der Waals surface area contributed by atoms with Crippen molar-refractivity contribution in [2.75, 3.05) is 13.2 Å². The lowest BCUT2D eigenvalue weighted by Gasteiger charge is -2.18. The third-order valence-corrected chi connectivity index (χ3v) is 13.5. The lowest BCUT2D eigenvalue weighted by molar-refractivity contribution is -0.166. The maximum absolute atomic E-state index is 12.9. The van der Waals surface area contributed by atoms with E-state index in [1.165, 1.54) is 205 Å². The molecular formula is C65H116O6. The second-order valence-corrected chi connectivity index (χ2v) is 20.6. The van der Waals surface area contributed by atoms with Crippen LogP contribution >= 0.6 is 0 Å². The number of esters is 3. The number of carbonyl (C=O) groups excluding carboxylic acids is 3. The molecule has 0 unspecified atom stereocenters. The van der Waals surface area contributed by atoms with Crippen LogP contribution in [0.25, 0.3) is 0 Å². The topological polar surface area (TPSA) is 78.9 Å². The summed E-state index contributed by atoms with van der Waals surface area (Å²) in [5, 5.41) is 0. The minimum Gasteiger partial charge on any atom is -0.462 e. The van der Waals surface area contributed by atoms with Crippen LogP contribution in [0.15, 0.2) is 60.8 Å². The summed E-state index contributed by atoms with van der Waals surface area (Å²) in [5.41, 5.74) is 0. The van der Waals surface area contributed by atoms with E-state index in [4.69, 9.17) is 14.2 Å². The molecule has 0 N–H and O–H groups in total. The Morgan fingerprint density at radius 2 is 0.535 bits per heavy atom. The first kappa shape index (κ1) is 68.1. The highest BCUT2D eigenvalue weighted by molar-refractivity contribution is 5.71. The van der Waals surface area contributed by atoms with Crippen molar-refractivity contribution in [3.63, 3.8) is 0 Å². The molecule has 0 bridgehead atoms. The van der Waals surface area contributed by atoms with Crippen molar-refractivity contribution in [1.29, 1.82) is 0 Å². The number of allylic oxidation sites excluding steroid dienone is 10. The summed E-state index contributed by atoms with van der Waals surface area (Å²) in [5.74, 6) is -0.960. The van der Waals surface area contributed by atoms with Crippen LogP contribution in [0.1, 0.15) is 316 Å². The van der Waals surface area contributed by atoms with Gasteiger partial charge in [0, 0.05) is 19.3 Å². The van der Waals surface area contributed by atoms with E-state index in [0.717, 1.165) is 64.2 Å². The van der Waals surface area contributed by atoms with Gasteiger partial charge < -0.3 is 14.2 Å². The highest BCUT2D eigenvalue weighted by atomic mass is 16.6. The predicted molar refractivity (Wildman–Crippen MR) is 307 cm³/mol. The van der Waals surface area contributed by atoms with Gasteiger partial charge in [-0.25, -0.2) is 0 Å². The van der Waals surface area contributed by atoms with Crippen LogP contribution in [0, 0.1) is 0 Å². The Hall–Kier alpha value is -2.89. The highest BCUT2D eigenvalue weighted by Gasteiger charge is 2.19. The molecule has 0 saturated carbocycles. The minimum atomic E-state index is -0.801. The molecule has 0 aromatic rings. The lowest BCUT2D eigenvalue weighted by Crippen LogP contribution is -2.30. The summed E-state index contributed by atoms with van der Waals surface area (Å²) in [7, 11) is 0. The Morgan fingerprint density at radius 1 is 0.282 bits per heavy atom. The van der Waals surface area contributed by atoms with Gasteiger partial charge >= 0.3 is 17.9 Å². The summed E-state index contributed by atoms with van der Waals surface area (Å²) in [6.45, 7) is 6.60. The average molecular weight is 994 g/mol. The fraction of sp³-hybridized carbons (Fsp3) is 0.800. The molecule has 71 heavy (non-hydrogen) atoms. The van der Waals surface area contributed by atoms with E-state index in [0.29, 0.717) is 19.3 Å². The summed E-state index contributed by atoms with van der Waals surface area (Å²) in [6, 6.07) is 0. The zero-order chi connectivity index (χ0) is 51.4. The van der Waals surface area contributed by atoms with Crippen LogP contribution in [-0.2, 0) is 28.6 Å². The van der Waals surface area contributed by atoms with E-state index >= 15 is 0 Å². The lowest BCUT2D eigenvalue weighted by atomic mass is 10.0. The van der Waals surface area contributed by atoms with Gasteiger partial charge in [0.2, 0.25) is 0 Å². The molecule has 0 rings (SSSR count). The van der Waals surface area contributed by atoms with Gasteiger partial charge in [0.05, 0.1) is 0 Å². The number of ether oxygens (including phenoxy) is 3. The quantitative estimate of drug-likeness (QED) is 0.0261. The molecule has 0 heterocycles. The Labute approximate surface area is 440 Å². The van der Waals surface area contributed by atoms with Gasteiger partial charge in [-0.2, -0.15) is 0 Å². The van der Waals surface area contributed by atoms with Crippen molar-refractivity contribution in [3.05, 3.63) is 60.8 Å². The van der Waals surface area contributed by atoms with Crippen molar-refractivity contribution in [3.8, 4) is 0 Å². The van der Waals surface area contributed by atoms with Crippen LogP contribution < -0.4 is 0 Å². The number of rotatable bonds is 56. The summed E-state index contributed by atoms with van der Waals surface area (Å²) < 4.78 is 16.9. The Bertz CT molecular complexity index is 1280. The largest absolute Gasteiger partial charge is 0.462 e. The molecule has 6 heteroatoms. The van der Waals surface area contributed by atoms with Gasteiger partial charge in [-0.05, 0) is 57.8 Å². The van der Waals surface area contributed by atoms with Gasteiger partial charge in [-0.3, -0.25) is 14.4 Å². The third-order valence-electron chi connectivity index (χ3n) is 13.5. The monoisotopic (exact) mass is 993 g/mol. The molecule has 0 aliphatic heterocycles. The van der Waals surface area contributed by atoms with Crippen molar-refractivity contribution < 1.29 is 28.6 Å². The fourth-order valence-electron chi connectivity index (χ4n) is 8.90. The molecule has 0 aliphatic rings. The molecule has 1 atom stereocenters. The number of carbonyl (C=O) groups is 3. The standard InChI is InChI=1S/C65H116O6/c1-4-7-10-13-16-19-22-25-28-31-32-35-37-40-43-46-49-52-55-58-64(67)70-61-62(71-65(68)59-56-53-50-47-44-41-38-34-30-27-24-21-18-15-12-9-6-3)60-69-63(66)57-54-51-48-45-42-39-36-33-29-26-23-20-17-14-11-8-5-2/h16,19,25,28,32,35,40,43,49,52,62H,4-15,17-18,20-24,26-27,29-31,33-34,36-39,41-42,44-48,50-51,53-61H2,1-3H3/b19-16-,28-25-,35-32-,43-40-,52-49-/t62-/m0/s1. The molecule has 0 saturated heterocycles. The SMILES string of the molecule is CCCCC/C=C\C/C=C\C/C=C\C/C=C\C/C=C\CCC(=O)OC[C@H](COC(=O)CCCCCCCCCCCCCCCCCCC)OC(=O)CCCCCCCCCCCCCCCCCCC. The zero-order valence-corrected chi connectivity index (χ0v) is 47.2. The molecule has 0 spiro atoms. The maximum Gasteiger partial charge on any atom is 0.306 e. The Balaban J connectivity index is 4.44. The molecule has 0 aliphatic carbocycles. The van der Waals surface area contributed by atoms with Crippen LogP contribution in [-0.4, -0.2) is 37.2 Å². The number of hydrogen-bond acceptors (Lipinski definition) is 6. The second kappa shape index (κ2) is 59.7. The van der Waals surface area contributed by atoms with Gasteiger partial charge in [0.15, 0.2) is 6.10 Å². The third kappa shape index (κ3) is 57.9. The Morgan fingerprint density at radius 3 is 0.873 bits per heavy atom. The average Bonchev–Trinajstić information content (AvgIpc) is 3.37. The molecule has 0 fully saturated rings. The Kier molecular flexibility index (Phi) is 57.2. The van der Waals surface area contributed by atoms with Gasteiger partial charge in [-0.15, -0.1) is 0 Å². The molecule has 0 aromatic heterocycles. The van der Waals surface area contributed by atoms with Gasteiger partial charge in [0.25, 0.3) is 0 Å². The molecule has 0 radical (unpaired) electrons. The summed E-state index contributed by atoms with van der Waals surface area (Å²) in [4.78, 5) is 38.2. The first-order valence-corrected chi connectivity index (χ1v) is 30.8. The minimum absolute atomic E-state index is 0.0924. The van der Waals surface area contributed by atoms with E-state index in [1.54, 1.807) is 0 Å². The normalized spacial score (nSPS) is 12.4. The summed E-state index contributed by atoms with van der Waals surface area (Å²) >= 11 is 0. The first-order chi connectivity index (χ1) is 35.0. The zero-order valence-electron chi connectivity index (χ0n) is 47.2. The van der Waals surface area contributed by atoms with E-state index in [1.807, 2.05) is 6.08 Å². The maximum atomic E-state index is 12.9. The van der Waals surface area contributed by atoms with E-state index in [2.05, 4.69) is 75.5 Å². The molecular weight excluding hydrogens is 877 g/mol. The predicted octanol–water partition coefficient (Wildman–Crippen LogP) is 20.8. The van der Waals surface area contributed by atoms with E-state index in [9.17, 15) is 14.4 Å². The number of unbranched alkanes of at least 4 members (excludes halogenated alkanes) is 35. The first-order valence-electron chi connectivity index (χ1n) is 30.8. The fourth-order valence-corrected chi connectivity index (χ4v) is 8.90. The van der Waals surface area contributed by atoms with Crippen molar-refractivity contribution in [1.82, 2.24) is 0 Å². The summed E-state index contributed by atoms with van der Waals surface area (Å²) in [6.07, 6.45) is 75.1. The van der Waals surface area contributed by atoms with Crippen molar-refractivity contribution in [2.24, 2.45) is 0 Å². The van der Waals surface area contributed by atoms with Crippen molar-refractivity contribution in [2.45, 2.75) is 322 Å². The molecule has 0 amide bonds. The van der Waals surface area contributed by atoms with Crippen LogP contribution in [0.3, 0.4) is 0 Å². The van der Waals surface area contributed by atoms with Gasteiger partial charge in [0.1, 0.15) is 13.2 Å². The molecule has 6 nitrogen and oxygen atoms in total. The van der Waals surface area contributed by atoms with Crippen LogP contribution in [0.2, 0.25) is 0 Å². The second-order valence-electron chi connectivity index (χ2n) is 20.6. The highest BCUT2D eigenvalue weighted by Crippen LogP contribution is 2.17. The van der Waals surface area contributed by atoms with Gasteiger partial charge in [-0.1, -0.05) is 300 Å². The van der Waals surface area contributed by atoms with Crippen molar-refractivity contribution >= 4 is 17.9 Å². The molecule has 0 aromatic carbocycles.